The number of rotatable bonds is 4. The second-order valence-electron chi connectivity index (χ2n) is 7.42. The molecule has 1 saturated heterocycles. The van der Waals surface area contributed by atoms with E-state index in [0.717, 1.165) is 12.0 Å². The topological polar surface area (TPSA) is 101 Å². The van der Waals surface area contributed by atoms with E-state index in [9.17, 15) is 4.79 Å². The van der Waals surface area contributed by atoms with Gasteiger partial charge in [-0.2, -0.15) is 4.98 Å². The summed E-state index contributed by atoms with van der Waals surface area (Å²) in [6.45, 7) is 2.77. The molecule has 9 heteroatoms. The highest BCUT2D eigenvalue weighted by Crippen LogP contribution is 2.37. The first-order chi connectivity index (χ1) is 14.1. The van der Waals surface area contributed by atoms with Gasteiger partial charge >= 0.3 is 0 Å². The number of aryl methyl sites for hydroxylation is 2. The maximum Gasteiger partial charge on any atom is 0.280 e. The van der Waals surface area contributed by atoms with Crippen LogP contribution >= 0.6 is 0 Å². The molecule has 0 N–H and O–H groups in total. The number of aromatic nitrogens is 6. The smallest absolute Gasteiger partial charge is 0.280 e. The lowest BCUT2D eigenvalue weighted by Crippen LogP contribution is -2.22. The molecule has 0 aliphatic carbocycles. The van der Waals surface area contributed by atoms with Gasteiger partial charge in [-0.25, -0.2) is 9.97 Å². The monoisotopic (exact) mass is 392 g/mol. The van der Waals surface area contributed by atoms with Gasteiger partial charge in [0.1, 0.15) is 12.9 Å². The average Bonchev–Trinajstić information content (AvgIpc) is 3.45. The number of fused-ring (bicyclic) bond motifs is 1. The fourth-order valence-corrected chi connectivity index (χ4v) is 3.65. The Bertz CT molecular complexity index is 1220. The molecule has 1 aliphatic heterocycles. The zero-order chi connectivity index (χ0) is 20.0. The summed E-state index contributed by atoms with van der Waals surface area (Å²) < 4.78 is 14.4. The van der Waals surface area contributed by atoms with Gasteiger partial charge in [-0.1, -0.05) is 35.0 Å². The second-order valence-corrected chi connectivity index (χ2v) is 7.42. The molecule has 148 valence electrons. The summed E-state index contributed by atoms with van der Waals surface area (Å²) >= 11 is 0. The van der Waals surface area contributed by atoms with Gasteiger partial charge in [0.05, 0.1) is 19.0 Å². The van der Waals surface area contributed by atoms with Crippen LogP contribution in [0.1, 0.15) is 41.3 Å². The minimum Gasteiger partial charge on any atom is -0.373 e. The highest BCUT2D eigenvalue weighted by atomic mass is 16.5. The minimum atomic E-state index is -0.196. The normalized spacial score (nSPS) is 19.2. The fraction of sp³-hybridized carbons (Fsp3) is 0.350. The molecule has 0 amide bonds. The van der Waals surface area contributed by atoms with Crippen LogP contribution in [0.25, 0.3) is 11.2 Å². The molecule has 0 radical (unpaired) electrons. The summed E-state index contributed by atoms with van der Waals surface area (Å²) in [5.74, 6) is 1.04. The Morgan fingerprint density at radius 1 is 1.17 bits per heavy atom. The molecule has 1 aliphatic rings. The Morgan fingerprint density at radius 3 is 2.79 bits per heavy atom. The van der Waals surface area contributed by atoms with Crippen molar-refractivity contribution in [1.29, 1.82) is 0 Å². The van der Waals surface area contributed by atoms with Gasteiger partial charge in [0.25, 0.3) is 5.56 Å². The van der Waals surface area contributed by atoms with E-state index < -0.39 is 0 Å². The maximum atomic E-state index is 12.7. The van der Waals surface area contributed by atoms with Gasteiger partial charge in [0.2, 0.25) is 5.89 Å². The molecule has 3 aromatic heterocycles. The van der Waals surface area contributed by atoms with Crippen LogP contribution in [0.4, 0.5) is 0 Å². The molecule has 2 atom stereocenters. The largest absolute Gasteiger partial charge is 0.373 e. The van der Waals surface area contributed by atoms with Gasteiger partial charge in [-0.05, 0) is 18.9 Å². The van der Waals surface area contributed by atoms with Gasteiger partial charge in [0, 0.05) is 13.0 Å². The van der Waals surface area contributed by atoms with E-state index in [1.165, 1.54) is 16.5 Å². The lowest BCUT2D eigenvalue weighted by molar-refractivity contribution is 0.110. The highest BCUT2D eigenvalue weighted by Gasteiger charge is 2.31. The van der Waals surface area contributed by atoms with E-state index in [2.05, 4.69) is 51.3 Å². The number of nitrogens with zero attached hydrogens (tertiary/aromatic N) is 6. The number of hydrogen-bond donors (Lipinski definition) is 0. The molecule has 0 spiro atoms. The summed E-state index contributed by atoms with van der Waals surface area (Å²) in [5, 5.41) is 4.12. The van der Waals surface area contributed by atoms with Crippen LogP contribution in [-0.4, -0.2) is 35.8 Å². The van der Waals surface area contributed by atoms with Crippen LogP contribution in [-0.2, 0) is 18.3 Å². The molecular formula is C20H20N6O3. The number of hydrogen-bond acceptors (Lipinski definition) is 7. The summed E-state index contributed by atoms with van der Waals surface area (Å²) in [4.78, 5) is 25.5. The predicted octanol–water partition coefficient (Wildman–Crippen LogP) is 2.11. The van der Waals surface area contributed by atoms with Crippen molar-refractivity contribution in [3.63, 3.8) is 0 Å². The van der Waals surface area contributed by atoms with Crippen molar-refractivity contribution >= 4 is 11.2 Å². The Morgan fingerprint density at radius 2 is 1.97 bits per heavy atom. The summed E-state index contributed by atoms with van der Waals surface area (Å²) in [6.07, 6.45) is 3.85. The molecule has 29 heavy (non-hydrogen) atoms. The molecular weight excluding hydrogens is 372 g/mol. The third kappa shape index (κ3) is 3.23. The fourth-order valence-electron chi connectivity index (χ4n) is 3.65. The number of imidazole rings is 1. The SMILES string of the molecule is Cc1ccc([C@H]2C[C@H](c3noc(Cn4cnc5ncn(C)c5c4=O)n3)CO2)cc1. The molecule has 0 bridgehead atoms. The van der Waals surface area contributed by atoms with Crippen LogP contribution in [0.2, 0.25) is 0 Å². The third-order valence-electron chi connectivity index (χ3n) is 5.30. The molecule has 0 saturated carbocycles. The van der Waals surface area contributed by atoms with Crippen molar-refractivity contribution in [3.05, 3.63) is 70.1 Å². The molecule has 5 rings (SSSR count). The van der Waals surface area contributed by atoms with Gasteiger partial charge < -0.3 is 13.8 Å². The van der Waals surface area contributed by atoms with Crippen molar-refractivity contribution < 1.29 is 9.26 Å². The highest BCUT2D eigenvalue weighted by molar-refractivity contribution is 5.68. The van der Waals surface area contributed by atoms with Crippen molar-refractivity contribution in [3.8, 4) is 0 Å². The Labute approximate surface area is 166 Å². The van der Waals surface area contributed by atoms with E-state index in [1.54, 1.807) is 17.9 Å². The van der Waals surface area contributed by atoms with Crippen molar-refractivity contribution in [2.45, 2.75) is 31.9 Å². The zero-order valence-corrected chi connectivity index (χ0v) is 16.1. The van der Waals surface area contributed by atoms with E-state index in [0.29, 0.717) is 29.5 Å². The Kier molecular flexibility index (Phi) is 4.24. The van der Waals surface area contributed by atoms with E-state index in [-0.39, 0.29) is 24.1 Å². The first kappa shape index (κ1) is 17.7. The first-order valence-corrected chi connectivity index (χ1v) is 9.45. The standard InChI is InChI=1S/C20H20N6O3/c1-12-3-5-13(6-4-12)15-7-14(9-28-15)18-23-16(29-24-18)8-26-11-22-19-17(20(26)27)25(2)10-21-19/h3-6,10-11,14-15H,7-9H2,1-2H3/t14-,15+/m0/s1. The summed E-state index contributed by atoms with van der Waals surface area (Å²) in [7, 11) is 1.76. The minimum absolute atomic E-state index is 0.0293. The number of benzene rings is 1. The first-order valence-electron chi connectivity index (χ1n) is 9.45. The average molecular weight is 392 g/mol. The number of ether oxygens (including phenoxy) is 1. The van der Waals surface area contributed by atoms with Crippen molar-refractivity contribution in [2.24, 2.45) is 7.05 Å². The summed E-state index contributed by atoms with van der Waals surface area (Å²) in [6, 6.07) is 8.36. The van der Waals surface area contributed by atoms with E-state index in [1.807, 2.05) is 0 Å². The second kappa shape index (κ2) is 6.93. The van der Waals surface area contributed by atoms with Crippen molar-refractivity contribution in [2.75, 3.05) is 6.61 Å². The Hall–Kier alpha value is -3.33. The van der Waals surface area contributed by atoms with Gasteiger partial charge in [-0.15, -0.1) is 0 Å². The van der Waals surface area contributed by atoms with E-state index in [4.69, 9.17) is 9.26 Å². The Balaban J connectivity index is 1.32. The molecule has 1 aromatic carbocycles. The van der Waals surface area contributed by atoms with Crippen LogP contribution in [0.15, 0.2) is 46.2 Å². The molecule has 0 unspecified atom stereocenters. The van der Waals surface area contributed by atoms with Crippen LogP contribution < -0.4 is 5.56 Å². The predicted molar refractivity (Wildman–Crippen MR) is 103 cm³/mol. The van der Waals surface area contributed by atoms with Crippen molar-refractivity contribution in [1.82, 2.24) is 29.2 Å². The molecule has 1 fully saturated rings. The lowest BCUT2D eigenvalue weighted by Gasteiger charge is -2.09. The molecule has 4 aromatic rings. The van der Waals surface area contributed by atoms with Crippen LogP contribution in [0.3, 0.4) is 0 Å². The lowest BCUT2D eigenvalue weighted by atomic mass is 9.99. The quantitative estimate of drug-likeness (QED) is 0.524. The van der Waals surface area contributed by atoms with E-state index >= 15 is 0 Å². The molecule has 4 heterocycles. The third-order valence-corrected chi connectivity index (χ3v) is 5.30. The van der Waals surface area contributed by atoms with Gasteiger partial charge in [0.15, 0.2) is 17.0 Å². The summed E-state index contributed by atoms with van der Waals surface area (Å²) in [5.41, 5.74) is 3.05. The van der Waals surface area contributed by atoms with Crippen LogP contribution in [0, 0.1) is 6.92 Å². The zero-order valence-electron chi connectivity index (χ0n) is 16.1. The van der Waals surface area contributed by atoms with Gasteiger partial charge in [-0.3, -0.25) is 9.36 Å². The molecule has 9 nitrogen and oxygen atoms in total. The van der Waals surface area contributed by atoms with Crippen LogP contribution in [0.5, 0.6) is 0 Å². The maximum absolute atomic E-state index is 12.7.